The molecule has 0 heterocycles. The number of carboxylic acids is 1. The lowest BCUT2D eigenvalue weighted by atomic mass is 9.61. The van der Waals surface area contributed by atoms with E-state index in [2.05, 4.69) is 53.3 Å². The Balaban J connectivity index is 2.18. The SMILES string of the molecule is C=C(c1ccc(C(=O)O)cc1)c1cc(C)cc2c1C(C)(C)CCC2(C)C. The molecule has 0 aromatic heterocycles. The van der Waals surface area contributed by atoms with E-state index in [0.717, 1.165) is 17.6 Å². The van der Waals surface area contributed by atoms with Crippen molar-refractivity contribution in [2.24, 2.45) is 0 Å². The predicted octanol–water partition coefficient (Wildman–Crippen LogP) is 6.10. The highest BCUT2D eigenvalue weighted by atomic mass is 16.4. The average molecular weight is 348 g/mol. The Bertz CT molecular complexity index is 883. The van der Waals surface area contributed by atoms with Crippen molar-refractivity contribution >= 4 is 11.5 Å². The van der Waals surface area contributed by atoms with Crippen molar-refractivity contribution in [3.63, 3.8) is 0 Å². The Morgan fingerprint density at radius 3 is 2.08 bits per heavy atom. The van der Waals surface area contributed by atoms with Crippen molar-refractivity contribution in [1.82, 2.24) is 0 Å². The fraction of sp³-hybridized carbons (Fsp3) is 0.375. The van der Waals surface area contributed by atoms with Crippen molar-refractivity contribution in [2.75, 3.05) is 0 Å². The number of carbonyl (C=O) groups is 1. The Kier molecular flexibility index (Phi) is 4.34. The molecular formula is C24H28O2. The molecule has 2 heteroatoms. The van der Waals surface area contributed by atoms with Crippen molar-refractivity contribution < 1.29 is 9.90 Å². The normalized spacial score (nSPS) is 17.4. The first kappa shape index (κ1) is 18.4. The highest BCUT2D eigenvalue weighted by Gasteiger charge is 2.39. The highest BCUT2D eigenvalue weighted by Crippen LogP contribution is 2.49. The van der Waals surface area contributed by atoms with E-state index in [4.69, 9.17) is 5.11 Å². The third-order valence-electron chi connectivity index (χ3n) is 5.87. The van der Waals surface area contributed by atoms with Crippen LogP contribution in [0, 0.1) is 6.92 Å². The van der Waals surface area contributed by atoms with Gasteiger partial charge < -0.3 is 5.11 Å². The molecule has 3 rings (SSSR count). The van der Waals surface area contributed by atoms with Gasteiger partial charge in [-0.25, -0.2) is 4.79 Å². The molecule has 0 unspecified atom stereocenters. The molecular weight excluding hydrogens is 320 g/mol. The molecule has 2 nitrogen and oxygen atoms in total. The van der Waals surface area contributed by atoms with Crippen LogP contribution in [-0.4, -0.2) is 11.1 Å². The van der Waals surface area contributed by atoms with E-state index in [1.54, 1.807) is 12.1 Å². The maximum absolute atomic E-state index is 11.1. The lowest BCUT2D eigenvalue weighted by Crippen LogP contribution is -2.35. The molecule has 0 saturated heterocycles. The summed E-state index contributed by atoms with van der Waals surface area (Å²) >= 11 is 0. The van der Waals surface area contributed by atoms with Gasteiger partial charge in [0.05, 0.1) is 5.56 Å². The van der Waals surface area contributed by atoms with Gasteiger partial charge in [-0.05, 0) is 70.6 Å². The van der Waals surface area contributed by atoms with Gasteiger partial charge >= 0.3 is 5.97 Å². The maximum atomic E-state index is 11.1. The second kappa shape index (κ2) is 6.12. The van der Waals surface area contributed by atoms with Crippen LogP contribution in [0.2, 0.25) is 0 Å². The third kappa shape index (κ3) is 3.09. The maximum Gasteiger partial charge on any atom is 0.335 e. The fourth-order valence-corrected chi connectivity index (χ4v) is 4.14. The van der Waals surface area contributed by atoms with E-state index in [1.807, 2.05) is 12.1 Å². The van der Waals surface area contributed by atoms with Crippen LogP contribution in [-0.2, 0) is 10.8 Å². The van der Waals surface area contributed by atoms with Crippen LogP contribution in [0.25, 0.3) is 5.57 Å². The standard InChI is InChI=1S/C24H28O2/c1-15-13-19(16(2)17-7-9-18(10-8-17)22(25)26)21-20(14-15)23(3,4)11-12-24(21,5)6/h7-10,13-14H,2,11-12H2,1,3-6H3,(H,25,26). The van der Waals surface area contributed by atoms with Gasteiger partial charge in [-0.15, -0.1) is 0 Å². The van der Waals surface area contributed by atoms with Crippen LogP contribution in [0.5, 0.6) is 0 Å². The number of aromatic carboxylic acids is 1. The van der Waals surface area contributed by atoms with Crippen LogP contribution in [0.4, 0.5) is 0 Å². The Labute approximate surface area is 156 Å². The van der Waals surface area contributed by atoms with E-state index in [1.165, 1.54) is 28.7 Å². The smallest absolute Gasteiger partial charge is 0.335 e. The topological polar surface area (TPSA) is 37.3 Å². The van der Waals surface area contributed by atoms with E-state index in [9.17, 15) is 4.79 Å². The molecule has 1 aliphatic rings. The lowest BCUT2D eigenvalue weighted by Gasteiger charge is -2.43. The summed E-state index contributed by atoms with van der Waals surface area (Å²) in [5, 5.41) is 9.13. The summed E-state index contributed by atoms with van der Waals surface area (Å²) in [6.45, 7) is 15.8. The number of hydrogen-bond donors (Lipinski definition) is 1. The zero-order chi connectivity index (χ0) is 19.3. The Hall–Kier alpha value is -2.35. The predicted molar refractivity (Wildman–Crippen MR) is 108 cm³/mol. The number of fused-ring (bicyclic) bond motifs is 1. The molecule has 2 aromatic carbocycles. The zero-order valence-corrected chi connectivity index (χ0v) is 16.4. The second-order valence-corrected chi connectivity index (χ2v) is 8.86. The fourth-order valence-electron chi connectivity index (χ4n) is 4.14. The first-order chi connectivity index (χ1) is 12.0. The molecule has 136 valence electrons. The van der Waals surface area contributed by atoms with Gasteiger partial charge in [0.15, 0.2) is 0 Å². The molecule has 26 heavy (non-hydrogen) atoms. The molecule has 0 bridgehead atoms. The van der Waals surface area contributed by atoms with Gasteiger partial charge in [-0.2, -0.15) is 0 Å². The van der Waals surface area contributed by atoms with Gasteiger partial charge in [0.1, 0.15) is 0 Å². The zero-order valence-electron chi connectivity index (χ0n) is 16.4. The number of hydrogen-bond acceptors (Lipinski definition) is 1. The molecule has 1 N–H and O–H groups in total. The van der Waals surface area contributed by atoms with Crippen molar-refractivity contribution in [1.29, 1.82) is 0 Å². The van der Waals surface area contributed by atoms with E-state index in [-0.39, 0.29) is 10.8 Å². The second-order valence-electron chi connectivity index (χ2n) is 8.86. The van der Waals surface area contributed by atoms with Gasteiger partial charge in [0.25, 0.3) is 0 Å². The summed E-state index contributed by atoms with van der Waals surface area (Å²) in [5.74, 6) is -0.905. The molecule has 0 spiro atoms. The number of carboxylic acid groups (broad SMARTS) is 1. The summed E-state index contributed by atoms with van der Waals surface area (Å²) in [6, 6.07) is 11.6. The Morgan fingerprint density at radius 1 is 0.962 bits per heavy atom. The minimum atomic E-state index is -0.905. The molecule has 0 saturated carbocycles. The number of rotatable bonds is 3. The summed E-state index contributed by atoms with van der Waals surface area (Å²) in [4.78, 5) is 11.1. The molecule has 0 atom stereocenters. The van der Waals surface area contributed by atoms with Gasteiger partial charge in [0, 0.05) is 0 Å². The Morgan fingerprint density at radius 2 is 1.50 bits per heavy atom. The molecule has 0 fully saturated rings. The largest absolute Gasteiger partial charge is 0.478 e. The van der Waals surface area contributed by atoms with Crippen LogP contribution < -0.4 is 0 Å². The molecule has 0 amide bonds. The third-order valence-corrected chi connectivity index (χ3v) is 5.87. The molecule has 0 radical (unpaired) electrons. The van der Waals surface area contributed by atoms with Crippen LogP contribution in [0.3, 0.4) is 0 Å². The summed E-state index contributed by atoms with van der Waals surface area (Å²) in [6.07, 6.45) is 2.32. The van der Waals surface area contributed by atoms with Gasteiger partial charge in [-0.1, -0.05) is 64.1 Å². The molecule has 2 aromatic rings. The number of aryl methyl sites for hydroxylation is 1. The monoisotopic (exact) mass is 348 g/mol. The first-order valence-electron chi connectivity index (χ1n) is 9.21. The highest BCUT2D eigenvalue weighted by molar-refractivity contribution is 5.89. The van der Waals surface area contributed by atoms with Crippen LogP contribution in [0.1, 0.15) is 78.7 Å². The van der Waals surface area contributed by atoms with Crippen LogP contribution >= 0.6 is 0 Å². The molecule has 0 aliphatic heterocycles. The van der Waals surface area contributed by atoms with Crippen molar-refractivity contribution in [3.05, 3.63) is 76.4 Å². The van der Waals surface area contributed by atoms with Crippen molar-refractivity contribution in [3.8, 4) is 0 Å². The minimum absolute atomic E-state index is 0.0951. The minimum Gasteiger partial charge on any atom is -0.478 e. The summed E-state index contributed by atoms with van der Waals surface area (Å²) in [7, 11) is 0. The lowest BCUT2D eigenvalue weighted by molar-refractivity contribution is 0.0697. The van der Waals surface area contributed by atoms with E-state index < -0.39 is 5.97 Å². The first-order valence-corrected chi connectivity index (χ1v) is 9.21. The summed E-state index contributed by atoms with van der Waals surface area (Å²) < 4.78 is 0. The van der Waals surface area contributed by atoms with E-state index in [0.29, 0.717) is 5.56 Å². The van der Waals surface area contributed by atoms with Crippen molar-refractivity contribution in [2.45, 2.75) is 58.3 Å². The quantitative estimate of drug-likeness (QED) is 0.727. The van der Waals surface area contributed by atoms with E-state index >= 15 is 0 Å². The van der Waals surface area contributed by atoms with Gasteiger partial charge in [0.2, 0.25) is 0 Å². The molecule has 1 aliphatic carbocycles. The van der Waals surface area contributed by atoms with Crippen LogP contribution in [0.15, 0.2) is 43.0 Å². The average Bonchev–Trinajstić information content (AvgIpc) is 2.57. The van der Waals surface area contributed by atoms with Gasteiger partial charge in [-0.3, -0.25) is 0 Å². The summed E-state index contributed by atoms with van der Waals surface area (Å²) in [5.41, 5.74) is 7.74. The number of benzene rings is 2.